The van der Waals surface area contributed by atoms with Crippen LogP contribution in [0.3, 0.4) is 0 Å². The van der Waals surface area contributed by atoms with Crippen molar-refractivity contribution in [2.45, 2.75) is 48.0 Å². The van der Waals surface area contributed by atoms with Crippen molar-refractivity contribution in [3.8, 4) is 0 Å². The molecular weight excluding hydrogens is 246 g/mol. The van der Waals surface area contributed by atoms with Gasteiger partial charge in [-0.2, -0.15) is 0 Å². The van der Waals surface area contributed by atoms with Gasteiger partial charge >= 0.3 is 0 Å². The standard InChI is InChI=1S/C13H15NO.C3H8.C2H6/c1-8(2)11-5-12(9(3)14)7-13(6-11)10(4)15;1-3-2;1-2/h5-7H,1,3,14H2,2,4H3;3H2,1-2H3;1-2H3. The van der Waals surface area contributed by atoms with E-state index in [1.54, 1.807) is 6.07 Å². The summed E-state index contributed by atoms with van der Waals surface area (Å²) < 4.78 is 0. The van der Waals surface area contributed by atoms with Crippen LogP contribution in [0.1, 0.15) is 69.4 Å². The van der Waals surface area contributed by atoms with Crippen LogP contribution in [0.25, 0.3) is 11.3 Å². The Bertz CT molecular complexity index is 379. The quantitative estimate of drug-likeness (QED) is 0.761. The molecule has 0 aromatic heterocycles. The second-order valence-electron chi connectivity index (χ2n) is 4.37. The van der Waals surface area contributed by atoms with E-state index in [1.165, 1.54) is 13.3 Å². The van der Waals surface area contributed by atoms with Gasteiger partial charge in [-0.3, -0.25) is 4.79 Å². The SMILES string of the molecule is C=C(C)c1cc(C(=C)N)cc(C(C)=O)c1.CC.CCC. The number of ketones is 1. The molecule has 0 amide bonds. The highest BCUT2D eigenvalue weighted by molar-refractivity contribution is 5.95. The average Bonchev–Trinajstić information content (AvgIpc) is 2.41. The summed E-state index contributed by atoms with van der Waals surface area (Å²) in [5, 5.41) is 0. The largest absolute Gasteiger partial charge is 0.399 e. The van der Waals surface area contributed by atoms with E-state index in [2.05, 4.69) is 27.0 Å². The van der Waals surface area contributed by atoms with Gasteiger partial charge in [0, 0.05) is 11.3 Å². The Labute approximate surface area is 124 Å². The number of nitrogens with two attached hydrogens (primary N) is 1. The molecule has 0 aliphatic carbocycles. The molecule has 0 aliphatic heterocycles. The molecule has 1 rings (SSSR count). The predicted molar refractivity (Wildman–Crippen MR) is 91.7 cm³/mol. The maximum Gasteiger partial charge on any atom is 0.159 e. The third kappa shape index (κ3) is 7.57. The second-order valence-corrected chi connectivity index (χ2v) is 4.37. The molecule has 0 aliphatic rings. The Morgan fingerprint density at radius 3 is 1.65 bits per heavy atom. The highest BCUT2D eigenvalue weighted by Crippen LogP contribution is 2.19. The van der Waals surface area contributed by atoms with Crippen LogP contribution in [0, 0.1) is 0 Å². The van der Waals surface area contributed by atoms with Gasteiger partial charge in [-0.15, -0.1) is 0 Å². The number of carbonyl (C=O) groups excluding carboxylic acids is 1. The summed E-state index contributed by atoms with van der Waals surface area (Å²) in [6.07, 6.45) is 1.25. The summed E-state index contributed by atoms with van der Waals surface area (Å²) in [4.78, 5) is 11.3. The van der Waals surface area contributed by atoms with Crippen LogP contribution in [0.2, 0.25) is 0 Å². The molecule has 0 heterocycles. The molecule has 0 radical (unpaired) electrons. The van der Waals surface area contributed by atoms with Crippen molar-refractivity contribution in [2.24, 2.45) is 5.73 Å². The topological polar surface area (TPSA) is 43.1 Å². The molecule has 1 aromatic carbocycles. The molecule has 2 N–H and O–H groups in total. The summed E-state index contributed by atoms with van der Waals surface area (Å²) in [7, 11) is 0. The van der Waals surface area contributed by atoms with E-state index in [4.69, 9.17) is 5.73 Å². The van der Waals surface area contributed by atoms with Gasteiger partial charge in [0.2, 0.25) is 0 Å². The minimum absolute atomic E-state index is 0.0144. The van der Waals surface area contributed by atoms with E-state index in [-0.39, 0.29) is 5.78 Å². The fraction of sp³-hybridized carbons (Fsp3) is 0.389. The fourth-order valence-corrected chi connectivity index (χ4v) is 1.26. The zero-order valence-electron chi connectivity index (χ0n) is 13.8. The Kier molecular flexibility index (Phi) is 11.3. The van der Waals surface area contributed by atoms with E-state index in [0.717, 1.165) is 16.7 Å². The van der Waals surface area contributed by atoms with E-state index < -0.39 is 0 Å². The summed E-state index contributed by atoms with van der Waals surface area (Å²) in [5.41, 5.74) is 9.31. The van der Waals surface area contributed by atoms with Crippen molar-refractivity contribution in [3.63, 3.8) is 0 Å². The third-order valence-electron chi connectivity index (χ3n) is 2.20. The summed E-state index contributed by atoms with van der Waals surface area (Å²) >= 11 is 0. The van der Waals surface area contributed by atoms with Crippen LogP contribution in [0.5, 0.6) is 0 Å². The molecule has 0 saturated carbocycles. The number of Topliss-reactive ketones (excluding diaryl/α,β-unsaturated/α-hetero) is 1. The van der Waals surface area contributed by atoms with Gasteiger partial charge in [0.05, 0.1) is 0 Å². The second kappa shape index (κ2) is 11.0. The minimum atomic E-state index is 0.0144. The monoisotopic (exact) mass is 275 g/mol. The lowest BCUT2D eigenvalue weighted by atomic mass is 9.99. The Hall–Kier alpha value is -1.83. The molecule has 2 nitrogen and oxygen atoms in total. The highest BCUT2D eigenvalue weighted by Gasteiger charge is 2.05. The maximum absolute atomic E-state index is 11.3. The number of hydrogen-bond acceptors (Lipinski definition) is 2. The number of carbonyl (C=O) groups is 1. The van der Waals surface area contributed by atoms with Gasteiger partial charge < -0.3 is 5.73 Å². The van der Waals surface area contributed by atoms with Crippen molar-refractivity contribution in [2.75, 3.05) is 0 Å². The Balaban J connectivity index is 0. The highest BCUT2D eigenvalue weighted by atomic mass is 16.1. The predicted octanol–water partition coefficient (Wildman–Crippen LogP) is 5.29. The Morgan fingerprint density at radius 2 is 1.35 bits per heavy atom. The molecular formula is C18H29NO. The van der Waals surface area contributed by atoms with Gasteiger partial charge in [0.15, 0.2) is 5.78 Å². The number of benzene rings is 1. The molecule has 112 valence electrons. The molecule has 1 aromatic rings. The van der Waals surface area contributed by atoms with Gasteiger partial charge in [0.1, 0.15) is 0 Å². The van der Waals surface area contributed by atoms with Crippen LogP contribution in [-0.2, 0) is 0 Å². The van der Waals surface area contributed by atoms with E-state index in [9.17, 15) is 4.79 Å². The van der Waals surface area contributed by atoms with Crippen LogP contribution >= 0.6 is 0 Å². The molecule has 2 heteroatoms. The first-order valence-electron chi connectivity index (χ1n) is 7.10. The van der Waals surface area contributed by atoms with Gasteiger partial charge in [-0.05, 0) is 43.2 Å². The third-order valence-corrected chi connectivity index (χ3v) is 2.20. The molecule has 0 spiro atoms. The molecule has 0 unspecified atom stereocenters. The van der Waals surface area contributed by atoms with Crippen molar-refractivity contribution >= 4 is 17.1 Å². The molecule has 0 bridgehead atoms. The smallest absolute Gasteiger partial charge is 0.159 e. The molecule has 0 atom stereocenters. The number of hydrogen-bond donors (Lipinski definition) is 1. The lowest BCUT2D eigenvalue weighted by Crippen LogP contribution is -2.00. The molecule has 0 saturated heterocycles. The lowest BCUT2D eigenvalue weighted by Gasteiger charge is -2.07. The van der Waals surface area contributed by atoms with Crippen molar-refractivity contribution in [1.29, 1.82) is 0 Å². The summed E-state index contributed by atoms with van der Waals surface area (Å²) in [5.74, 6) is 0.0144. The first-order chi connectivity index (χ1) is 9.33. The van der Waals surface area contributed by atoms with Crippen molar-refractivity contribution < 1.29 is 4.79 Å². The average molecular weight is 275 g/mol. The number of rotatable bonds is 3. The maximum atomic E-state index is 11.3. The van der Waals surface area contributed by atoms with E-state index >= 15 is 0 Å². The molecule has 0 fully saturated rings. The van der Waals surface area contributed by atoms with E-state index in [1.807, 2.05) is 32.9 Å². The first kappa shape index (κ1) is 20.5. The van der Waals surface area contributed by atoms with Crippen LogP contribution in [-0.4, -0.2) is 5.78 Å². The molecule has 20 heavy (non-hydrogen) atoms. The van der Waals surface area contributed by atoms with Gasteiger partial charge in [-0.1, -0.05) is 52.8 Å². The Morgan fingerprint density at radius 1 is 1.00 bits per heavy atom. The summed E-state index contributed by atoms with van der Waals surface area (Å²) in [6, 6.07) is 5.45. The lowest BCUT2D eigenvalue weighted by molar-refractivity contribution is 0.101. The van der Waals surface area contributed by atoms with Crippen molar-refractivity contribution in [1.82, 2.24) is 0 Å². The van der Waals surface area contributed by atoms with Gasteiger partial charge in [-0.25, -0.2) is 0 Å². The fourth-order valence-electron chi connectivity index (χ4n) is 1.26. The normalized spacial score (nSPS) is 8.50. The summed E-state index contributed by atoms with van der Waals surface area (Å²) in [6.45, 7) is 19.2. The zero-order valence-corrected chi connectivity index (χ0v) is 13.8. The van der Waals surface area contributed by atoms with Crippen LogP contribution < -0.4 is 5.73 Å². The van der Waals surface area contributed by atoms with Gasteiger partial charge in [0.25, 0.3) is 0 Å². The first-order valence-corrected chi connectivity index (χ1v) is 7.10. The minimum Gasteiger partial charge on any atom is -0.399 e. The number of allylic oxidation sites excluding steroid dienone is 1. The zero-order chi connectivity index (χ0) is 16.3. The van der Waals surface area contributed by atoms with E-state index in [0.29, 0.717) is 11.3 Å². The van der Waals surface area contributed by atoms with Crippen molar-refractivity contribution in [3.05, 3.63) is 48.0 Å². The van der Waals surface area contributed by atoms with Crippen LogP contribution in [0.15, 0.2) is 31.4 Å². The van der Waals surface area contributed by atoms with Crippen LogP contribution in [0.4, 0.5) is 0 Å².